The minimum Gasteiger partial charge on any atom is -0.467 e. The summed E-state index contributed by atoms with van der Waals surface area (Å²) in [7, 11) is 1.30. The van der Waals surface area contributed by atoms with Crippen molar-refractivity contribution in [3.8, 4) is 0 Å². The zero-order valence-electron chi connectivity index (χ0n) is 11.2. The molecule has 1 fully saturated rings. The monoisotopic (exact) mass is 258 g/mol. The Bertz CT molecular complexity index is 296. The summed E-state index contributed by atoms with van der Waals surface area (Å²) >= 11 is 0. The van der Waals surface area contributed by atoms with Gasteiger partial charge in [-0.25, -0.2) is 4.79 Å². The van der Waals surface area contributed by atoms with E-state index in [0.29, 0.717) is 13.2 Å². The number of rotatable bonds is 6. The summed E-state index contributed by atoms with van der Waals surface area (Å²) in [5, 5.41) is 5.92. The number of hydrogen-bond acceptors (Lipinski definition) is 5. The molecule has 1 aliphatic heterocycles. The molecule has 0 bridgehead atoms. The van der Waals surface area contributed by atoms with Crippen LogP contribution >= 0.6 is 0 Å². The lowest BCUT2D eigenvalue weighted by molar-refractivity contribution is -0.145. The Labute approximate surface area is 107 Å². The van der Waals surface area contributed by atoms with Crippen LogP contribution in [0.25, 0.3) is 0 Å². The van der Waals surface area contributed by atoms with E-state index in [4.69, 9.17) is 4.74 Å². The van der Waals surface area contributed by atoms with Crippen LogP contribution in [0, 0.1) is 5.92 Å². The quantitative estimate of drug-likeness (QED) is 0.638. The molecular formula is C12H22N2O4. The van der Waals surface area contributed by atoms with E-state index in [0.717, 1.165) is 13.0 Å². The number of carbonyl (C=O) groups is 2. The summed E-state index contributed by atoms with van der Waals surface area (Å²) in [6.07, 6.45) is 1.00. The second-order valence-electron chi connectivity index (χ2n) is 4.46. The number of hydrogen-bond donors (Lipinski definition) is 2. The van der Waals surface area contributed by atoms with Gasteiger partial charge in [0.05, 0.1) is 26.2 Å². The molecular weight excluding hydrogens is 236 g/mol. The first kappa shape index (κ1) is 14.9. The number of amides is 1. The van der Waals surface area contributed by atoms with E-state index in [1.54, 1.807) is 6.92 Å². The molecule has 1 rings (SSSR count). The highest BCUT2D eigenvalue weighted by molar-refractivity contribution is 5.86. The molecule has 1 heterocycles. The van der Waals surface area contributed by atoms with E-state index in [1.807, 2.05) is 0 Å². The standard InChI is InChI=1S/C12H22N2O4/c1-4-5-13-10-7-18-6-9(10)11(15)14-8(2)12(16)17-3/h8-10,13H,4-7H2,1-3H3,(H,14,15)/t8-,9?,10?/m0/s1. The molecule has 2 unspecified atom stereocenters. The number of esters is 1. The summed E-state index contributed by atoms with van der Waals surface area (Å²) in [6, 6.07) is -0.607. The summed E-state index contributed by atoms with van der Waals surface area (Å²) in [6.45, 7) is 5.45. The molecule has 0 aromatic carbocycles. The maximum Gasteiger partial charge on any atom is 0.328 e. The predicted molar refractivity (Wildman–Crippen MR) is 66.0 cm³/mol. The highest BCUT2D eigenvalue weighted by atomic mass is 16.5. The summed E-state index contributed by atoms with van der Waals surface area (Å²) < 4.78 is 9.88. The predicted octanol–water partition coefficient (Wildman–Crippen LogP) is -0.321. The molecule has 3 atom stereocenters. The molecule has 0 spiro atoms. The molecule has 0 saturated carbocycles. The topological polar surface area (TPSA) is 76.7 Å². The third-order valence-corrected chi connectivity index (χ3v) is 2.99. The molecule has 104 valence electrons. The van der Waals surface area contributed by atoms with Crippen LogP contribution in [0.15, 0.2) is 0 Å². The van der Waals surface area contributed by atoms with Gasteiger partial charge in [0.15, 0.2) is 0 Å². The van der Waals surface area contributed by atoms with Crippen LogP contribution in [0.2, 0.25) is 0 Å². The van der Waals surface area contributed by atoms with Crippen LogP contribution in [-0.4, -0.2) is 50.8 Å². The maximum absolute atomic E-state index is 12.0. The molecule has 6 heteroatoms. The van der Waals surface area contributed by atoms with E-state index in [9.17, 15) is 9.59 Å². The molecule has 1 amide bonds. The van der Waals surface area contributed by atoms with Crippen molar-refractivity contribution in [2.45, 2.75) is 32.4 Å². The lowest BCUT2D eigenvalue weighted by atomic mass is 10.0. The Kier molecular flexibility index (Phi) is 6.07. The minimum atomic E-state index is -0.630. The van der Waals surface area contributed by atoms with E-state index in [-0.39, 0.29) is 17.9 Å². The van der Waals surface area contributed by atoms with Crippen LogP contribution in [-0.2, 0) is 19.1 Å². The van der Waals surface area contributed by atoms with Crippen molar-refractivity contribution in [1.82, 2.24) is 10.6 Å². The smallest absolute Gasteiger partial charge is 0.328 e. The SMILES string of the molecule is CCCNC1COCC1C(=O)N[C@@H](C)C(=O)OC. The van der Waals surface area contributed by atoms with Gasteiger partial charge in [-0.15, -0.1) is 0 Å². The van der Waals surface area contributed by atoms with Gasteiger partial charge in [-0.2, -0.15) is 0 Å². The highest BCUT2D eigenvalue weighted by Gasteiger charge is 2.34. The van der Waals surface area contributed by atoms with Crippen LogP contribution in [0.1, 0.15) is 20.3 Å². The molecule has 0 aromatic heterocycles. The van der Waals surface area contributed by atoms with Crippen molar-refractivity contribution in [1.29, 1.82) is 0 Å². The number of ether oxygens (including phenoxy) is 2. The van der Waals surface area contributed by atoms with E-state index < -0.39 is 12.0 Å². The van der Waals surface area contributed by atoms with Crippen molar-refractivity contribution in [3.63, 3.8) is 0 Å². The lowest BCUT2D eigenvalue weighted by Gasteiger charge is -2.20. The Balaban J connectivity index is 2.47. The molecule has 18 heavy (non-hydrogen) atoms. The Morgan fingerprint density at radius 2 is 2.17 bits per heavy atom. The molecule has 0 radical (unpaired) electrons. The second kappa shape index (κ2) is 7.33. The number of nitrogens with one attached hydrogen (secondary N) is 2. The van der Waals surface area contributed by atoms with Crippen molar-refractivity contribution in [3.05, 3.63) is 0 Å². The molecule has 0 aromatic rings. The zero-order chi connectivity index (χ0) is 13.5. The first-order valence-corrected chi connectivity index (χ1v) is 6.29. The largest absolute Gasteiger partial charge is 0.467 e. The molecule has 1 aliphatic rings. The fourth-order valence-corrected chi connectivity index (χ4v) is 1.90. The second-order valence-corrected chi connectivity index (χ2v) is 4.46. The lowest BCUT2D eigenvalue weighted by Crippen LogP contribution is -2.48. The van der Waals surface area contributed by atoms with Gasteiger partial charge in [0.25, 0.3) is 0 Å². The van der Waals surface area contributed by atoms with E-state index in [1.165, 1.54) is 7.11 Å². The van der Waals surface area contributed by atoms with Gasteiger partial charge in [-0.05, 0) is 19.9 Å². The van der Waals surface area contributed by atoms with Gasteiger partial charge >= 0.3 is 5.97 Å². The fourth-order valence-electron chi connectivity index (χ4n) is 1.90. The van der Waals surface area contributed by atoms with Crippen LogP contribution in [0.4, 0.5) is 0 Å². The molecule has 6 nitrogen and oxygen atoms in total. The van der Waals surface area contributed by atoms with Gasteiger partial charge in [0.2, 0.25) is 5.91 Å². The Morgan fingerprint density at radius 1 is 1.44 bits per heavy atom. The van der Waals surface area contributed by atoms with Crippen LogP contribution in [0.3, 0.4) is 0 Å². The first-order chi connectivity index (χ1) is 8.60. The van der Waals surface area contributed by atoms with Gasteiger partial charge in [0, 0.05) is 6.04 Å². The zero-order valence-corrected chi connectivity index (χ0v) is 11.2. The normalized spacial score (nSPS) is 24.6. The Morgan fingerprint density at radius 3 is 2.78 bits per heavy atom. The van der Waals surface area contributed by atoms with Gasteiger partial charge in [0.1, 0.15) is 6.04 Å². The van der Waals surface area contributed by atoms with Crippen molar-refractivity contribution >= 4 is 11.9 Å². The maximum atomic E-state index is 12.0. The van der Waals surface area contributed by atoms with Crippen molar-refractivity contribution in [2.75, 3.05) is 26.9 Å². The highest BCUT2D eigenvalue weighted by Crippen LogP contribution is 2.14. The van der Waals surface area contributed by atoms with Gasteiger partial charge in [-0.3, -0.25) is 4.79 Å². The fraction of sp³-hybridized carbons (Fsp3) is 0.833. The molecule has 1 saturated heterocycles. The number of carbonyl (C=O) groups excluding carboxylic acids is 2. The number of methoxy groups -OCH3 is 1. The van der Waals surface area contributed by atoms with E-state index >= 15 is 0 Å². The van der Waals surface area contributed by atoms with Crippen molar-refractivity contribution in [2.24, 2.45) is 5.92 Å². The van der Waals surface area contributed by atoms with Gasteiger partial charge in [-0.1, -0.05) is 6.92 Å². The first-order valence-electron chi connectivity index (χ1n) is 6.29. The Hall–Kier alpha value is -1.14. The average molecular weight is 258 g/mol. The third-order valence-electron chi connectivity index (χ3n) is 2.99. The summed E-state index contributed by atoms with van der Waals surface area (Å²) in [5.74, 6) is -0.858. The summed E-state index contributed by atoms with van der Waals surface area (Å²) in [4.78, 5) is 23.2. The van der Waals surface area contributed by atoms with Crippen LogP contribution < -0.4 is 10.6 Å². The van der Waals surface area contributed by atoms with Crippen molar-refractivity contribution < 1.29 is 19.1 Å². The van der Waals surface area contributed by atoms with Gasteiger partial charge < -0.3 is 20.1 Å². The third kappa shape index (κ3) is 3.96. The molecule has 2 N–H and O–H groups in total. The molecule has 0 aliphatic carbocycles. The average Bonchev–Trinajstić information content (AvgIpc) is 2.83. The summed E-state index contributed by atoms with van der Waals surface area (Å²) in [5.41, 5.74) is 0. The minimum absolute atomic E-state index is 0.0230. The van der Waals surface area contributed by atoms with Crippen LogP contribution in [0.5, 0.6) is 0 Å². The van der Waals surface area contributed by atoms with E-state index in [2.05, 4.69) is 22.3 Å².